The van der Waals surface area contributed by atoms with Gasteiger partial charge in [-0.2, -0.15) is 0 Å². The van der Waals surface area contributed by atoms with E-state index in [4.69, 9.17) is 10.5 Å². The van der Waals surface area contributed by atoms with Crippen molar-refractivity contribution in [2.45, 2.75) is 65.4 Å². The van der Waals surface area contributed by atoms with Crippen LogP contribution in [0.15, 0.2) is 0 Å². The Morgan fingerprint density at radius 1 is 1.36 bits per heavy atom. The highest BCUT2D eigenvalue weighted by Crippen LogP contribution is 2.45. The molecule has 5 nitrogen and oxygen atoms in total. The molecule has 2 heterocycles. The molecule has 1 aromatic heterocycles. The van der Waals surface area contributed by atoms with E-state index in [9.17, 15) is 9.59 Å². The molecule has 25 heavy (non-hydrogen) atoms. The van der Waals surface area contributed by atoms with Crippen molar-refractivity contribution in [1.82, 2.24) is 0 Å². The number of hydrogen-bond acceptors (Lipinski definition) is 4. The van der Waals surface area contributed by atoms with E-state index in [-0.39, 0.29) is 11.3 Å². The Morgan fingerprint density at radius 3 is 2.72 bits per heavy atom. The summed E-state index contributed by atoms with van der Waals surface area (Å²) < 4.78 is 5.44. The summed E-state index contributed by atoms with van der Waals surface area (Å²) >= 11 is 1.52. The van der Waals surface area contributed by atoms with Gasteiger partial charge in [-0.05, 0) is 49.0 Å². The van der Waals surface area contributed by atoms with Gasteiger partial charge in [-0.25, -0.2) is 0 Å². The summed E-state index contributed by atoms with van der Waals surface area (Å²) in [5.41, 5.74) is 7.48. The zero-order valence-electron chi connectivity index (χ0n) is 15.3. The van der Waals surface area contributed by atoms with Crippen LogP contribution in [0, 0.1) is 11.3 Å². The first kappa shape index (κ1) is 18.4. The van der Waals surface area contributed by atoms with Crippen molar-refractivity contribution < 1.29 is 14.3 Å². The van der Waals surface area contributed by atoms with Gasteiger partial charge in [-0.1, -0.05) is 27.2 Å². The monoisotopic (exact) mass is 364 g/mol. The fourth-order valence-corrected chi connectivity index (χ4v) is 5.20. The lowest BCUT2D eigenvalue weighted by Gasteiger charge is -2.36. The normalized spacial score (nSPS) is 23.3. The molecule has 0 radical (unpaired) electrons. The van der Waals surface area contributed by atoms with Crippen molar-refractivity contribution in [3.63, 3.8) is 0 Å². The summed E-state index contributed by atoms with van der Waals surface area (Å²) in [4.78, 5) is 25.6. The van der Waals surface area contributed by atoms with E-state index in [1.165, 1.54) is 16.2 Å². The van der Waals surface area contributed by atoms with E-state index in [1.54, 1.807) is 0 Å². The van der Waals surface area contributed by atoms with Crippen molar-refractivity contribution in [1.29, 1.82) is 0 Å². The molecular formula is C19H28N2O3S. The van der Waals surface area contributed by atoms with E-state index in [2.05, 4.69) is 26.1 Å². The zero-order valence-corrected chi connectivity index (χ0v) is 16.1. The summed E-state index contributed by atoms with van der Waals surface area (Å²) in [6.45, 7) is 7.47. The number of fused-ring (bicyclic) bond motifs is 1. The van der Waals surface area contributed by atoms with E-state index in [0.717, 1.165) is 44.1 Å². The average Bonchev–Trinajstić information content (AvgIpc) is 3.21. The molecule has 3 N–H and O–H groups in total. The number of primary amides is 1. The summed E-state index contributed by atoms with van der Waals surface area (Å²) in [5, 5.41) is 3.52. The van der Waals surface area contributed by atoms with Crippen LogP contribution in [0.1, 0.15) is 67.3 Å². The number of anilines is 1. The third kappa shape index (κ3) is 3.60. The van der Waals surface area contributed by atoms with Crippen LogP contribution in [0.25, 0.3) is 0 Å². The van der Waals surface area contributed by atoms with Gasteiger partial charge in [-0.3, -0.25) is 9.59 Å². The van der Waals surface area contributed by atoms with Crippen LogP contribution in [0.5, 0.6) is 0 Å². The van der Waals surface area contributed by atoms with Crippen LogP contribution < -0.4 is 11.1 Å². The van der Waals surface area contributed by atoms with Crippen molar-refractivity contribution in [2.24, 2.45) is 17.1 Å². The Balaban J connectivity index is 1.85. The topological polar surface area (TPSA) is 81.4 Å². The fourth-order valence-electron chi connectivity index (χ4n) is 3.87. The van der Waals surface area contributed by atoms with Crippen LogP contribution in [0.4, 0.5) is 5.00 Å². The maximum atomic E-state index is 12.4. The third-order valence-corrected chi connectivity index (χ3v) is 7.16. The zero-order chi connectivity index (χ0) is 18.2. The standard InChI is InChI=1S/C19H28N2O3S/c1-4-19(2,3)11-7-8-12-14(10-11)25-18(15(12)16(20)22)21-17(23)13-6-5-9-24-13/h11,13H,4-10H2,1-3H3,(H2,20,22)(H,21,23)/t11-,13+/m0/s1. The van der Waals surface area contributed by atoms with Crippen LogP contribution in [-0.2, 0) is 22.4 Å². The number of amides is 2. The minimum atomic E-state index is -0.451. The van der Waals surface area contributed by atoms with Gasteiger partial charge in [0.05, 0.1) is 5.56 Å². The molecule has 1 aromatic rings. The molecule has 2 aliphatic rings. The number of nitrogens with two attached hydrogens (primary N) is 1. The molecule has 2 atom stereocenters. The van der Waals surface area contributed by atoms with Crippen molar-refractivity contribution in [3.05, 3.63) is 16.0 Å². The summed E-state index contributed by atoms with van der Waals surface area (Å²) in [6, 6.07) is 0. The number of thiophene rings is 1. The molecule has 0 aromatic carbocycles. The summed E-state index contributed by atoms with van der Waals surface area (Å²) in [7, 11) is 0. The molecule has 0 unspecified atom stereocenters. The number of ether oxygens (including phenoxy) is 1. The Labute approximate surface area is 153 Å². The molecule has 3 rings (SSSR count). The average molecular weight is 365 g/mol. The predicted molar refractivity (Wildman–Crippen MR) is 100 cm³/mol. The molecule has 1 fully saturated rings. The van der Waals surface area contributed by atoms with Crippen molar-refractivity contribution >= 4 is 28.2 Å². The molecule has 0 bridgehead atoms. The van der Waals surface area contributed by atoms with Crippen molar-refractivity contribution in [2.75, 3.05) is 11.9 Å². The fraction of sp³-hybridized carbons (Fsp3) is 0.684. The highest BCUT2D eigenvalue weighted by Gasteiger charge is 2.35. The molecule has 0 saturated carbocycles. The highest BCUT2D eigenvalue weighted by atomic mass is 32.1. The smallest absolute Gasteiger partial charge is 0.254 e. The van der Waals surface area contributed by atoms with Gasteiger partial charge >= 0.3 is 0 Å². The lowest BCUT2D eigenvalue weighted by Crippen LogP contribution is -2.29. The van der Waals surface area contributed by atoms with Crippen molar-refractivity contribution in [3.8, 4) is 0 Å². The second kappa shape index (κ2) is 7.08. The quantitative estimate of drug-likeness (QED) is 0.839. The van der Waals surface area contributed by atoms with Gasteiger partial charge in [0.2, 0.25) is 0 Å². The van der Waals surface area contributed by atoms with Gasteiger partial charge < -0.3 is 15.8 Å². The van der Waals surface area contributed by atoms with Crippen LogP contribution in [-0.4, -0.2) is 24.5 Å². The second-order valence-corrected chi connectivity index (χ2v) is 8.95. The lowest BCUT2D eigenvalue weighted by molar-refractivity contribution is -0.124. The van der Waals surface area contributed by atoms with Gasteiger partial charge in [0.15, 0.2) is 0 Å². The van der Waals surface area contributed by atoms with E-state index in [1.807, 2.05) is 0 Å². The first-order valence-electron chi connectivity index (χ1n) is 9.20. The Kier molecular flexibility index (Phi) is 5.21. The minimum absolute atomic E-state index is 0.163. The molecular weight excluding hydrogens is 336 g/mol. The Morgan fingerprint density at radius 2 is 2.12 bits per heavy atom. The highest BCUT2D eigenvalue weighted by molar-refractivity contribution is 7.17. The Hall–Kier alpha value is -1.40. The van der Waals surface area contributed by atoms with E-state index < -0.39 is 12.0 Å². The molecule has 1 saturated heterocycles. The summed E-state index contributed by atoms with van der Waals surface area (Å²) in [6.07, 6.45) is 5.22. The number of carbonyl (C=O) groups is 2. The molecule has 6 heteroatoms. The van der Waals surface area contributed by atoms with Gasteiger partial charge in [0.1, 0.15) is 11.1 Å². The Bertz CT molecular complexity index is 674. The number of carbonyl (C=O) groups excluding carboxylic acids is 2. The number of rotatable bonds is 5. The van der Waals surface area contributed by atoms with E-state index >= 15 is 0 Å². The summed E-state index contributed by atoms with van der Waals surface area (Å²) in [5.74, 6) is -0.0246. The molecule has 0 spiro atoms. The first-order chi connectivity index (χ1) is 11.8. The maximum Gasteiger partial charge on any atom is 0.254 e. The van der Waals surface area contributed by atoms with Crippen LogP contribution in [0.2, 0.25) is 0 Å². The third-order valence-electron chi connectivity index (χ3n) is 5.99. The van der Waals surface area contributed by atoms with Gasteiger partial charge in [0, 0.05) is 11.5 Å². The SMILES string of the molecule is CCC(C)(C)[C@H]1CCc2c(sc(NC(=O)[C@H]3CCCO3)c2C(N)=O)C1. The van der Waals surface area contributed by atoms with E-state index in [0.29, 0.717) is 23.1 Å². The van der Waals surface area contributed by atoms with Gasteiger partial charge in [-0.15, -0.1) is 11.3 Å². The van der Waals surface area contributed by atoms with Crippen LogP contribution in [0.3, 0.4) is 0 Å². The molecule has 2 amide bonds. The number of hydrogen-bond donors (Lipinski definition) is 2. The number of nitrogens with one attached hydrogen (secondary N) is 1. The second-order valence-electron chi connectivity index (χ2n) is 7.84. The molecule has 1 aliphatic heterocycles. The van der Waals surface area contributed by atoms with Gasteiger partial charge in [0.25, 0.3) is 11.8 Å². The largest absolute Gasteiger partial charge is 0.368 e. The molecule has 1 aliphatic carbocycles. The lowest BCUT2D eigenvalue weighted by atomic mass is 9.69. The van der Waals surface area contributed by atoms with Crippen LogP contribution >= 0.6 is 11.3 Å². The maximum absolute atomic E-state index is 12.4. The predicted octanol–water partition coefficient (Wildman–Crippen LogP) is 3.51. The minimum Gasteiger partial charge on any atom is -0.368 e. The first-order valence-corrected chi connectivity index (χ1v) is 10.0. The molecule has 138 valence electrons.